The number of nitrogens with zero attached hydrogens (tertiary/aromatic N) is 4. The van der Waals surface area contributed by atoms with Crippen LogP contribution >= 0.6 is 0 Å². The van der Waals surface area contributed by atoms with Gasteiger partial charge in [0.15, 0.2) is 0 Å². The van der Waals surface area contributed by atoms with Crippen molar-refractivity contribution in [2.75, 3.05) is 41.3 Å². The molecule has 4 rings (SSSR count). The Hall–Kier alpha value is -3.61. The zero-order chi connectivity index (χ0) is 20.2. The van der Waals surface area contributed by atoms with E-state index in [1.54, 1.807) is 0 Å². The van der Waals surface area contributed by atoms with Crippen LogP contribution in [-0.4, -0.2) is 42.1 Å². The fraction of sp³-hybridized carbons (Fsp3) is 0.227. The maximum atomic E-state index is 11.8. The molecule has 2 aromatic carbocycles. The third-order valence-electron chi connectivity index (χ3n) is 5.01. The fourth-order valence-corrected chi connectivity index (χ4v) is 3.46. The van der Waals surface area contributed by atoms with Crippen molar-refractivity contribution < 1.29 is 4.79 Å². The zero-order valence-electron chi connectivity index (χ0n) is 16.4. The van der Waals surface area contributed by atoms with Crippen molar-refractivity contribution in [3.05, 3.63) is 71.9 Å². The lowest BCUT2D eigenvalue weighted by Gasteiger charge is -2.36. The Morgan fingerprint density at radius 1 is 1.00 bits per heavy atom. The highest BCUT2D eigenvalue weighted by Crippen LogP contribution is 2.23. The van der Waals surface area contributed by atoms with Crippen LogP contribution in [-0.2, 0) is 0 Å². The summed E-state index contributed by atoms with van der Waals surface area (Å²) in [6.07, 6.45) is 1.51. The molecule has 0 spiro atoms. The summed E-state index contributed by atoms with van der Waals surface area (Å²) in [6.45, 7) is 5.37. The molecule has 3 N–H and O–H groups in total. The van der Waals surface area contributed by atoms with Gasteiger partial charge in [-0.05, 0) is 36.8 Å². The molecule has 7 nitrogen and oxygen atoms in total. The molecule has 29 heavy (non-hydrogen) atoms. The molecule has 1 aliphatic rings. The lowest BCUT2D eigenvalue weighted by Crippen LogP contribution is -2.47. The van der Waals surface area contributed by atoms with E-state index in [9.17, 15) is 4.79 Å². The molecule has 7 heteroatoms. The predicted molar refractivity (Wildman–Crippen MR) is 116 cm³/mol. The first-order chi connectivity index (χ1) is 14.1. The summed E-state index contributed by atoms with van der Waals surface area (Å²) in [5.41, 5.74) is 8.99. The van der Waals surface area contributed by atoms with Crippen molar-refractivity contribution >= 4 is 29.0 Å². The standard InChI is InChI=1S/C22H24N6O/c1-16-6-5-7-17(14-16)25-21-19(20(23)29)15-24-22(26-21)28-12-10-27(11-13-28)18-8-3-2-4-9-18/h2-9,14-15H,10-13H2,1H3,(H2,23,29)(H,24,25,26). The van der Waals surface area contributed by atoms with Crippen LogP contribution in [0.25, 0.3) is 0 Å². The van der Waals surface area contributed by atoms with Gasteiger partial charge in [-0.3, -0.25) is 4.79 Å². The maximum absolute atomic E-state index is 11.8. The van der Waals surface area contributed by atoms with Gasteiger partial charge in [-0.15, -0.1) is 0 Å². The Morgan fingerprint density at radius 2 is 1.72 bits per heavy atom. The first kappa shape index (κ1) is 18.7. The number of anilines is 4. The van der Waals surface area contributed by atoms with Gasteiger partial charge in [0.05, 0.1) is 0 Å². The van der Waals surface area contributed by atoms with Gasteiger partial charge in [0.1, 0.15) is 11.4 Å². The van der Waals surface area contributed by atoms with E-state index in [-0.39, 0.29) is 5.56 Å². The largest absolute Gasteiger partial charge is 0.368 e. The molecule has 0 unspecified atom stereocenters. The minimum absolute atomic E-state index is 0.276. The predicted octanol–water partition coefficient (Wildman–Crippen LogP) is 2.95. The van der Waals surface area contributed by atoms with Crippen LogP contribution in [0.3, 0.4) is 0 Å². The number of carbonyl (C=O) groups excluding carboxylic acids is 1. The number of para-hydroxylation sites is 1. The van der Waals surface area contributed by atoms with Crippen LogP contribution in [0.1, 0.15) is 15.9 Å². The number of amides is 1. The number of aryl methyl sites for hydroxylation is 1. The Labute approximate surface area is 170 Å². The van der Waals surface area contributed by atoms with E-state index in [0.717, 1.165) is 37.4 Å². The number of hydrogen-bond acceptors (Lipinski definition) is 6. The molecule has 2 heterocycles. The summed E-state index contributed by atoms with van der Waals surface area (Å²) >= 11 is 0. The lowest BCUT2D eigenvalue weighted by atomic mass is 10.2. The molecule has 148 valence electrons. The van der Waals surface area contributed by atoms with Gasteiger partial charge >= 0.3 is 0 Å². The van der Waals surface area contributed by atoms with Crippen LogP contribution in [0.4, 0.5) is 23.1 Å². The highest BCUT2D eigenvalue weighted by atomic mass is 16.1. The molecule has 1 aromatic heterocycles. The van der Waals surface area contributed by atoms with Gasteiger partial charge in [-0.2, -0.15) is 4.98 Å². The molecular formula is C22H24N6O. The molecule has 0 bridgehead atoms. The monoisotopic (exact) mass is 388 g/mol. The SMILES string of the molecule is Cc1cccc(Nc2nc(N3CCN(c4ccccc4)CC3)ncc2C(N)=O)c1. The summed E-state index contributed by atoms with van der Waals surface area (Å²) < 4.78 is 0. The van der Waals surface area contributed by atoms with Gasteiger partial charge in [-0.1, -0.05) is 30.3 Å². The summed E-state index contributed by atoms with van der Waals surface area (Å²) in [5.74, 6) is 0.469. The van der Waals surface area contributed by atoms with Crippen LogP contribution in [0.2, 0.25) is 0 Å². The van der Waals surface area contributed by atoms with Gasteiger partial charge < -0.3 is 20.9 Å². The molecule has 0 atom stereocenters. The van der Waals surface area contributed by atoms with Crippen molar-refractivity contribution in [2.45, 2.75) is 6.92 Å². The summed E-state index contributed by atoms with van der Waals surface area (Å²) in [4.78, 5) is 25.3. The van der Waals surface area contributed by atoms with E-state index in [2.05, 4.69) is 49.4 Å². The van der Waals surface area contributed by atoms with Gasteiger partial charge in [0.25, 0.3) is 5.91 Å². The molecular weight excluding hydrogens is 364 g/mol. The normalized spacial score (nSPS) is 14.0. The van der Waals surface area contributed by atoms with E-state index < -0.39 is 5.91 Å². The minimum Gasteiger partial charge on any atom is -0.368 e. The van der Waals surface area contributed by atoms with Gasteiger partial charge in [-0.25, -0.2) is 4.98 Å². The number of aromatic nitrogens is 2. The van der Waals surface area contributed by atoms with Crippen molar-refractivity contribution in [1.82, 2.24) is 9.97 Å². The average Bonchev–Trinajstić information content (AvgIpc) is 2.74. The van der Waals surface area contributed by atoms with E-state index >= 15 is 0 Å². The first-order valence-corrected chi connectivity index (χ1v) is 9.65. The Kier molecular flexibility index (Phi) is 5.29. The molecule has 0 aliphatic carbocycles. The van der Waals surface area contributed by atoms with Crippen molar-refractivity contribution in [3.8, 4) is 0 Å². The lowest BCUT2D eigenvalue weighted by molar-refractivity contribution is 0.100. The average molecular weight is 388 g/mol. The van der Waals surface area contributed by atoms with Gasteiger partial charge in [0, 0.05) is 43.8 Å². The number of piperazine rings is 1. The molecule has 1 fully saturated rings. The zero-order valence-corrected chi connectivity index (χ0v) is 16.4. The van der Waals surface area contributed by atoms with E-state index in [0.29, 0.717) is 11.8 Å². The number of primary amides is 1. The molecule has 0 saturated carbocycles. The van der Waals surface area contributed by atoms with Crippen LogP contribution in [0.5, 0.6) is 0 Å². The van der Waals surface area contributed by atoms with E-state index in [1.807, 2.05) is 37.3 Å². The highest BCUT2D eigenvalue weighted by molar-refractivity contribution is 5.98. The number of benzene rings is 2. The first-order valence-electron chi connectivity index (χ1n) is 9.65. The van der Waals surface area contributed by atoms with E-state index in [4.69, 9.17) is 5.73 Å². The number of nitrogens with two attached hydrogens (primary N) is 1. The second-order valence-electron chi connectivity index (χ2n) is 7.10. The van der Waals surface area contributed by atoms with Gasteiger partial charge in [0.2, 0.25) is 5.95 Å². The van der Waals surface area contributed by atoms with E-state index in [1.165, 1.54) is 11.9 Å². The third kappa shape index (κ3) is 4.29. The minimum atomic E-state index is -0.555. The summed E-state index contributed by atoms with van der Waals surface area (Å²) in [5, 5.41) is 3.22. The maximum Gasteiger partial charge on any atom is 0.254 e. The topological polar surface area (TPSA) is 87.4 Å². The summed E-state index contributed by atoms with van der Waals surface area (Å²) in [6, 6.07) is 18.3. The van der Waals surface area contributed by atoms with Crippen LogP contribution in [0.15, 0.2) is 60.8 Å². The molecule has 1 saturated heterocycles. The number of rotatable bonds is 5. The molecule has 0 radical (unpaired) electrons. The second-order valence-corrected chi connectivity index (χ2v) is 7.10. The Morgan fingerprint density at radius 3 is 2.41 bits per heavy atom. The summed E-state index contributed by atoms with van der Waals surface area (Å²) in [7, 11) is 0. The molecule has 1 aliphatic heterocycles. The molecule has 3 aromatic rings. The fourth-order valence-electron chi connectivity index (χ4n) is 3.46. The Balaban J connectivity index is 1.53. The van der Waals surface area contributed by atoms with Crippen LogP contribution < -0.4 is 20.9 Å². The van der Waals surface area contributed by atoms with Crippen LogP contribution in [0, 0.1) is 6.92 Å². The number of hydrogen-bond donors (Lipinski definition) is 2. The Bertz CT molecular complexity index is 999. The quantitative estimate of drug-likeness (QED) is 0.699. The molecule has 1 amide bonds. The third-order valence-corrected chi connectivity index (χ3v) is 5.01. The second kappa shape index (κ2) is 8.18. The number of carbonyl (C=O) groups is 1. The smallest absolute Gasteiger partial charge is 0.254 e. The van der Waals surface area contributed by atoms with Crippen molar-refractivity contribution in [2.24, 2.45) is 5.73 Å². The van der Waals surface area contributed by atoms with Crippen molar-refractivity contribution in [1.29, 1.82) is 0 Å². The number of nitrogens with one attached hydrogen (secondary N) is 1. The van der Waals surface area contributed by atoms with Crippen molar-refractivity contribution in [3.63, 3.8) is 0 Å². The highest BCUT2D eigenvalue weighted by Gasteiger charge is 2.21.